The molecule has 2 heterocycles. The van der Waals surface area contributed by atoms with Crippen LogP contribution >= 0.6 is 0 Å². The molecule has 29 heavy (non-hydrogen) atoms. The number of carbonyl (C=O) groups excluding carboxylic acids is 1. The second kappa shape index (κ2) is 8.85. The van der Waals surface area contributed by atoms with E-state index >= 15 is 0 Å². The van der Waals surface area contributed by atoms with Crippen molar-refractivity contribution in [3.8, 4) is 11.5 Å². The molecule has 2 aromatic rings. The molecule has 0 amide bonds. The third kappa shape index (κ3) is 5.08. The highest BCUT2D eigenvalue weighted by Gasteiger charge is 2.26. The Hall–Kier alpha value is -2.56. The van der Waals surface area contributed by atoms with Gasteiger partial charge in [0.2, 0.25) is 0 Å². The Morgan fingerprint density at radius 1 is 1.07 bits per heavy atom. The molecule has 154 valence electrons. The number of Topliss-reactive ketones (excluding diaryl/α,β-unsaturated/α-hetero) is 1. The lowest BCUT2D eigenvalue weighted by atomic mass is 9.94. The average Bonchev–Trinajstić information content (AvgIpc) is 3.44. The number of hydrogen-bond donors (Lipinski definition) is 0. The summed E-state index contributed by atoms with van der Waals surface area (Å²) in [4.78, 5) is 18.9. The number of benzene rings is 1. The van der Waals surface area contributed by atoms with E-state index in [2.05, 4.69) is 9.88 Å². The quantitative estimate of drug-likeness (QED) is 0.614. The Bertz CT molecular complexity index is 815. The van der Waals surface area contributed by atoms with Gasteiger partial charge in [0.25, 0.3) is 0 Å². The van der Waals surface area contributed by atoms with Gasteiger partial charge in [-0.05, 0) is 49.1 Å². The van der Waals surface area contributed by atoms with E-state index in [1.807, 2.05) is 56.4 Å². The summed E-state index contributed by atoms with van der Waals surface area (Å²) < 4.78 is 11.9. The van der Waals surface area contributed by atoms with Gasteiger partial charge in [-0.25, -0.2) is 4.98 Å². The minimum Gasteiger partial charge on any atom is -0.489 e. The molecule has 1 aliphatic carbocycles. The van der Waals surface area contributed by atoms with Crippen molar-refractivity contribution in [3.05, 3.63) is 48.2 Å². The van der Waals surface area contributed by atoms with E-state index in [4.69, 9.17) is 9.47 Å². The number of carbonyl (C=O) groups is 1. The van der Waals surface area contributed by atoms with Crippen molar-refractivity contribution in [2.24, 2.45) is 0 Å². The van der Waals surface area contributed by atoms with E-state index in [1.165, 1.54) is 0 Å². The van der Waals surface area contributed by atoms with Crippen molar-refractivity contribution in [3.63, 3.8) is 0 Å². The van der Waals surface area contributed by atoms with Crippen LogP contribution in [-0.2, 0) is 4.79 Å². The smallest absolute Gasteiger partial charge is 0.140 e. The number of ether oxygens (including phenoxy) is 2. The molecule has 1 aromatic carbocycles. The Morgan fingerprint density at radius 2 is 1.79 bits per heavy atom. The summed E-state index contributed by atoms with van der Waals surface area (Å²) in [5.74, 6) is 2.93. The molecule has 0 radical (unpaired) electrons. The summed E-state index contributed by atoms with van der Waals surface area (Å²) in [5, 5.41) is 0. The summed E-state index contributed by atoms with van der Waals surface area (Å²) >= 11 is 0. The lowest BCUT2D eigenvalue weighted by Crippen LogP contribution is -2.25. The maximum absolute atomic E-state index is 12.1. The molecule has 1 saturated heterocycles. The zero-order valence-electron chi connectivity index (χ0n) is 17.3. The Labute approximate surface area is 173 Å². The van der Waals surface area contributed by atoms with Crippen LogP contribution < -0.4 is 14.4 Å². The fourth-order valence-electron chi connectivity index (χ4n) is 3.72. The zero-order valence-corrected chi connectivity index (χ0v) is 17.3. The number of pyridine rings is 1. The maximum Gasteiger partial charge on any atom is 0.140 e. The first-order valence-electron chi connectivity index (χ1n) is 10.8. The molecule has 1 unspecified atom stereocenters. The Morgan fingerprint density at radius 3 is 2.45 bits per heavy atom. The molecule has 2 aliphatic rings. The topological polar surface area (TPSA) is 51.7 Å². The van der Waals surface area contributed by atoms with E-state index in [0.717, 1.165) is 61.7 Å². The molecule has 2 atom stereocenters. The SMILES string of the molecule is CCCC(=O)C(C)c1ccc(O[C@@H]2CCN(c3ccc(OC4CC4)cn3)C2)cc1. The molecule has 4 rings (SSSR count). The number of ketones is 1. The molecule has 1 aromatic heterocycles. The summed E-state index contributed by atoms with van der Waals surface area (Å²) in [6.45, 7) is 5.78. The van der Waals surface area contributed by atoms with Crippen LogP contribution in [-0.4, -0.2) is 36.1 Å². The predicted octanol–water partition coefficient (Wildman–Crippen LogP) is 4.75. The minimum absolute atomic E-state index is 0.0519. The first-order chi connectivity index (χ1) is 14.1. The first-order valence-corrected chi connectivity index (χ1v) is 10.8. The fourth-order valence-corrected chi connectivity index (χ4v) is 3.72. The molecular formula is C24H30N2O3. The molecule has 0 bridgehead atoms. The molecule has 2 fully saturated rings. The summed E-state index contributed by atoms with van der Waals surface area (Å²) in [6.07, 6.45) is 7.17. The van der Waals surface area contributed by atoms with Crippen LogP contribution in [0.3, 0.4) is 0 Å². The molecule has 5 nitrogen and oxygen atoms in total. The number of anilines is 1. The van der Waals surface area contributed by atoms with Crippen molar-refractivity contribution < 1.29 is 14.3 Å². The highest BCUT2D eigenvalue weighted by Crippen LogP contribution is 2.28. The second-order valence-corrected chi connectivity index (χ2v) is 8.15. The van der Waals surface area contributed by atoms with Gasteiger partial charge in [-0.3, -0.25) is 4.79 Å². The predicted molar refractivity (Wildman–Crippen MR) is 114 cm³/mol. The van der Waals surface area contributed by atoms with Crippen LogP contribution in [0.15, 0.2) is 42.6 Å². The van der Waals surface area contributed by atoms with E-state index in [0.29, 0.717) is 18.3 Å². The van der Waals surface area contributed by atoms with Gasteiger partial charge < -0.3 is 14.4 Å². The molecule has 1 saturated carbocycles. The van der Waals surface area contributed by atoms with Gasteiger partial charge in [0, 0.05) is 25.3 Å². The van der Waals surface area contributed by atoms with Gasteiger partial charge in [-0.15, -0.1) is 0 Å². The van der Waals surface area contributed by atoms with Crippen LogP contribution in [0.1, 0.15) is 57.4 Å². The first kappa shape index (κ1) is 19.7. The minimum atomic E-state index is -0.0519. The summed E-state index contributed by atoms with van der Waals surface area (Å²) in [7, 11) is 0. The summed E-state index contributed by atoms with van der Waals surface area (Å²) in [6, 6.07) is 12.0. The van der Waals surface area contributed by atoms with Crippen LogP contribution in [0, 0.1) is 0 Å². The third-order valence-electron chi connectivity index (χ3n) is 5.68. The average molecular weight is 395 g/mol. The van der Waals surface area contributed by atoms with Crippen molar-refractivity contribution in [1.29, 1.82) is 0 Å². The number of hydrogen-bond acceptors (Lipinski definition) is 5. The second-order valence-electron chi connectivity index (χ2n) is 8.15. The molecular weight excluding hydrogens is 364 g/mol. The lowest BCUT2D eigenvalue weighted by molar-refractivity contribution is -0.120. The molecule has 1 aliphatic heterocycles. The number of nitrogens with zero attached hydrogens (tertiary/aromatic N) is 2. The monoisotopic (exact) mass is 394 g/mol. The van der Waals surface area contributed by atoms with Gasteiger partial charge in [0.15, 0.2) is 0 Å². The largest absolute Gasteiger partial charge is 0.489 e. The lowest BCUT2D eigenvalue weighted by Gasteiger charge is -2.18. The van der Waals surface area contributed by atoms with Gasteiger partial charge in [-0.2, -0.15) is 0 Å². The van der Waals surface area contributed by atoms with Crippen LogP contribution in [0.5, 0.6) is 11.5 Å². The van der Waals surface area contributed by atoms with Crippen LogP contribution in [0.4, 0.5) is 5.82 Å². The van der Waals surface area contributed by atoms with Gasteiger partial charge >= 0.3 is 0 Å². The van der Waals surface area contributed by atoms with Crippen molar-refractivity contribution >= 4 is 11.6 Å². The summed E-state index contributed by atoms with van der Waals surface area (Å²) in [5.41, 5.74) is 1.06. The van der Waals surface area contributed by atoms with E-state index in [-0.39, 0.29) is 12.0 Å². The normalized spacial score (nSPS) is 19.8. The van der Waals surface area contributed by atoms with Gasteiger partial charge in [0.05, 0.1) is 18.8 Å². The number of aromatic nitrogens is 1. The van der Waals surface area contributed by atoms with E-state index < -0.39 is 0 Å². The van der Waals surface area contributed by atoms with E-state index in [9.17, 15) is 4.79 Å². The van der Waals surface area contributed by atoms with Gasteiger partial charge in [0.1, 0.15) is 29.2 Å². The zero-order chi connectivity index (χ0) is 20.2. The molecule has 0 N–H and O–H groups in total. The van der Waals surface area contributed by atoms with Crippen molar-refractivity contribution in [2.75, 3.05) is 18.0 Å². The van der Waals surface area contributed by atoms with Crippen molar-refractivity contribution in [1.82, 2.24) is 4.98 Å². The maximum atomic E-state index is 12.1. The third-order valence-corrected chi connectivity index (χ3v) is 5.68. The molecule has 0 spiro atoms. The van der Waals surface area contributed by atoms with E-state index in [1.54, 1.807) is 0 Å². The highest BCUT2D eigenvalue weighted by molar-refractivity contribution is 5.85. The fraction of sp³-hybridized carbons (Fsp3) is 0.500. The number of rotatable bonds is 9. The van der Waals surface area contributed by atoms with Crippen molar-refractivity contribution in [2.45, 2.75) is 64.1 Å². The highest BCUT2D eigenvalue weighted by atomic mass is 16.5. The van der Waals surface area contributed by atoms with Crippen LogP contribution in [0.2, 0.25) is 0 Å². The Kier molecular flexibility index (Phi) is 6.02. The Balaban J connectivity index is 1.29. The van der Waals surface area contributed by atoms with Crippen LogP contribution in [0.25, 0.3) is 0 Å². The standard InChI is InChI=1S/C24H30N2O3/c1-3-4-23(27)17(2)18-5-7-19(8-6-18)29-22-13-14-26(16-22)24-12-11-21(15-25-24)28-20-9-10-20/h5-8,11-12,15,17,20,22H,3-4,9-10,13-14,16H2,1-2H3/t17?,22-/m1/s1. The molecule has 5 heteroatoms. The van der Waals surface area contributed by atoms with Gasteiger partial charge in [-0.1, -0.05) is 26.0 Å².